The molecule has 0 saturated carbocycles. The predicted molar refractivity (Wildman–Crippen MR) is 130 cm³/mol. The summed E-state index contributed by atoms with van der Waals surface area (Å²) >= 11 is 19.5. The maximum Gasteiger partial charge on any atom is 0.234 e. The second kappa shape index (κ2) is 11.7. The minimum absolute atomic E-state index is 0.104. The van der Waals surface area contributed by atoms with E-state index in [0.717, 1.165) is 0 Å². The number of anilines is 1. The van der Waals surface area contributed by atoms with Gasteiger partial charge in [0.05, 0.1) is 35.7 Å². The lowest BCUT2D eigenvalue weighted by atomic mass is 10.2. The molecule has 176 valence electrons. The number of hydrogen-bond donors (Lipinski definition) is 1. The number of halogens is 3. The van der Waals surface area contributed by atoms with Crippen molar-refractivity contribution in [3.63, 3.8) is 0 Å². The van der Waals surface area contributed by atoms with Crippen molar-refractivity contribution in [1.82, 2.24) is 14.8 Å². The Kier molecular flexibility index (Phi) is 8.96. The van der Waals surface area contributed by atoms with E-state index >= 15 is 0 Å². The number of aromatic nitrogens is 3. The standard InChI is InChI=1S/C21H21Cl3N4O4S/c1-4-28-19(10-32-17-7-12(22)5-6-13(17)23)26-27-21(28)33-11-20(29)25-15-9-16(30-2)14(24)8-18(15)31-3/h5-9H,4,10-11H2,1-3H3,(H,25,29). The molecule has 1 aromatic heterocycles. The summed E-state index contributed by atoms with van der Waals surface area (Å²) in [6.45, 7) is 2.70. The van der Waals surface area contributed by atoms with Crippen molar-refractivity contribution in [2.45, 2.75) is 25.2 Å². The molecule has 0 unspecified atom stereocenters. The highest BCUT2D eigenvalue weighted by Crippen LogP contribution is 2.36. The number of methoxy groups -OCH3 is 2. The van der Waals surface area contributed by atoms with Gasteiger partial charge >= 0.3 is 0 Å². The molecule has 0 spiro atoms. The molecular formula is C21H21Cl3N4O4S. The maximum absolute atomic E-state index is 12.6. The number of amides is 1. The van der Waals surface area contributed by atoms with Crippen molar-refractivity contribution in [1.29, 1.82) is 0 Å². The molecule has 0 atom stereocenters. The number of nitrogens with zero attached hydrogens (tertiary/aromatic N) is 3. The molecule has 3 aromatic rings. The number of nitrogens with one attached hydrogen (secondary N) is 1. The molecule has 0 fully saturated rings. The monoisotopic (exact) mass is 530 g/mol. The van der Waals surface area contributed by atoms with E-state index in [0.29, 0.717) is 55.5 Å². The Morgan fingerprint density at radius 2 is 1.79 bits per heavy atom. The minimum Gasteiger partial charge on any atom is -0.495 e. The third-order valence-corrected chi connectivity index (χ3v) is 6.25. The van der Waals surface area contributed by atoms with Gasteiger partial charge in [0.2, 0.25) is 5.91 Å². The van der Waals surface area contributed by atoms with E-state index in [1.807, 2.05) is 11.5 Å². The van der Waals surface area contributed by atoms with Crippen molar-refractivity contribution < 1.29 is 19.0 Å². The summed E-state index contributed by atoms with van der Waals surface area (Å²) in [4.78, 5) is 12.6. The second-order valence-corrected chi connectivity index (χ2v) is 8.72. The summed E-state index contributed by atoms with van der Waals surface area (Å²) in [5.74, 6) is 1.76. The van der Waals surface area contributed by atoms with Crippen LogP contribution in [-0.2, 0) is 17.9 Å². The van der Waals surface area contributed by atoms with Crippen molar-refractivity contribution in [3.05, 3.63) is 51.2 Å². The number of rotatable bonds is 10. The van der Waals surface area contributed by atoms with Crippen LogP contribution in [0.5, 0.6) is 17.2 Å². The van der Waals surface area contributed by atoms with E-state index in [1.54, 1.807) is 30.3 Å². The molecule has 1 amide bonds. The van der Waals surface area contributed by atoms with Crippen LogP contribution < -0.4 is 19.5 Å². The Hall–Kier alpha value is -2.33. The van der Waals surface area contributed by atoms with Gasteiger partial charge in [0.1, 0.15) is 23.9 Å². The van der Waals surface area contributed by atoms with Crippen LogP contribution in [0.3, 0.4) is 0 Å². The summed E-state index contributed by atoms with van der Waals surface area (Å²) in [6.07, 6.45) is 0. The van der Waals surface area contributed by atoms with Crippen molar-refractivity contribution in [2.24, 2.45) is 0 Å². The molecule has 33 heavy (non-hydrogen) atoms. The van der Waals surface area contributed by atoms with E-state index < -0.39 is 0 Å². The second-order valence-electron chi connectivity index (χ2n) is 6.53. The summed E-state index contributed by atoms with van der Waals surface area (Å²) in [7, 11) is 2.99. The quantitative estimate of drug-likeness (QED) is 0.341. The zero-order chi connectivity index (χ0) is 24.0. The largest absolute Gasteiger partial charge is 0.495 e. The number of carbonyl (C=O) groups excluding carboxylic acids is 1. The number of hydrogen-bond acceptors (Lipinski definition) is 7. The van der Waals surface area contributed by atoms with Gasteiger partial charge in [-0.3, -0.25) is 4.79 Å². The van der Waals surface area contributed by atoms with Crippen LogP contribution in [0.25, 0.3) is 0 Å². The minimum atomic E-state index is -0.253. The van der Waals surface area contributed by atoms with Gasteiger partial charge in [-0.05, 0) is 19.1 Å². The molecule has 1 heterocycles. The van der Waals surface area contributed by atoms with Gasteiger partial charge in [-0.2, -0.15) is 0 Å². The average Bonchev–Trinajstić information content (AvgIpc) is 3.20. The lowest BCUT2D eigenvalue weighted by Crippen LogP contribution is -2.15. The zero-order valence-corrected chi connectivity index (χ0v) is 21.1. The van der Waals surface area contributed by atoms with Crippen molar-refractivity contribution in [2.75, 3.05) is 25.3 Å². The number of benzene rings is 2. The van der Waals surface area contributed by atoms with E-state index in [-0.39, 0.29) is 18.3 Å². The molecule has 0 radical (unpaired) electrons. The van der Waals surface area contributed by atoms with Crippen LogP contribution in [0.4, 0.5) is 5.69 Å². The molecule has 0 saturated heterocycles. The number of carbonyl (C=O) groups is 1. The van der Waals surface area contributed by atoms with Gasteiger partial charge in [0, 0.05) is 29.8 Å². The lowest BCUT2D eigenvalue weighted by molar-refractivity contribution is -0.113. The Morgan fingerprint density at radius 1 is 1.03 bits per heavy atom. The van der Waals surface area contributed by atoms with Crippen LogP contribution in [0.15, 0.2) is 35.5 Å². The highest BCUT2D eigenvalue weighted by molar-refractivity contribution is 7.99. The first-order valence-corrected chi connectivity index (χ1v) is 11.8. The Bertz CT molecular complexity index is 1140. The molecule has 0 aliphatic heterocycles. The Balaban J connectivity index is 1.64. The van der Waals surface area contributed by atoms with Crippen molar-refractivity contribution in [3.8, 4) is 17.2 Å². The highest BCUT2D eigenvalue weighted by Gasteiger charge is 2.16. The fourth-order valence-corrected chi connectivity index (χ4v) is 4.24. The molecule has 1 N–H and O–H groups in total. The molecule has 0 aliphatic rings. The predicted octanol–water partition coefficient (Wildman–Crippen LogP) is 5.59. The molecule has 3 rings (SSSR count). The molecule has 8 nitrogen and oxygen atoms in total. The van der Waals surface area contributed by atoms with Gasteiger partial charge in [-0.1, -0.05) is 46.6 Å². The first-order chi connectivity index (χ1) is 15.9. The van der Waals surface area contributed by atoms with Crippen LogP contribution in [-0.4, -0.2) is 40.6 Å². The fourth-order valence-electron chi connectivity index (χ4n) is 2.85. The SMILES string of the molecule is CCn1c(COc2cc(Cl)ccc2Cl)nnc1SCC(=O)Nc1cc(OC)c(Cl)cc1OC. The fraction of sp³-hybridized carbons (Fsp3) is 0.286. The zero-order valence-electron chi connectivity index (χ0n) is 18.0. The van der Waals surface area contributed by atoms with Crippen molar-refractivity contribution >= 4 is 58.2 Å². The smallest absolute Gasteiger partial charge is 0.234 e. The Labute approximate surface area is 210 Å². The molecule has 12 heteroatoms. The van der Waals surface area contributed by atoms with Gasteiger partial charge in [-0.25, -0.2) is 0 Å². The summed E-state index contributed by atoms with van der Waals surface area (Å²) in [5, 5.41) is 13.1. The first kappa shape index (κ1) is 25.3. The summed E-state index contributed by atoms with van der Waals surface area (Å²) in [6, 6.07) is 8.16. The lowest BCUT2D eigenvalue weighted by Gasteiger charge is -2.13. The van der Waals surface area contributed by atoms with Gasteiger partial charge < -0.3 is 24.1 Å². The van der Waals surface area contributed by atoms with Gasteiger partial charge in [0.25, 0.3) is 0 Å². The molecule has 0 bridgehead atoms. The maximum atomic E-state index is 12.6. The van der Waals surface area contributed by atoms with Crippen LogP contribution in [0.1, 0.15) is 12.7 Å². The molecule has 0 aliphatic carbocycles. The van der Waals surface area contributed by atoms with Gasteiger partial charge in [-0.15, -0.1) is 10.2 Å². The highest BCUT2D eigenvalue weighted by atomic mass is 35.5. The Morgan fingerprint density at radius 3 is 2.48 bits per heavy atom. The van der Waals surface area contributed by atoms with E-state index in [4.69, 9.17) is 49.0 Å². The van der Waals surface area contributed by atoms with Crippen LogP contribution in [0, 0.1) is 0 Å². The van der Waals surface area contributed by atoms with Crippen LogP contribution in [0.2, 0.25) is 15.1 Å². The summed E-state index contributed by atoms with van der Waals surface area (Å²) in [5.41, 5.74) is 0.453. The summed E-state index contributed by atoms with van der Waals surface area (Å²) < 4.78 is 18.1. The third-order valence-electron chi connectivity index (χ3n) is 4.44. The molecule has 2 aromatic carbocycles. The van der Waals surface area contributed by atoms with Gasteiger partial charge in [0.15, 0.2) is 11.0 Å². The normalized spacial score (nSPS) is 10.7. The van der Waals surface area contributed by atoms with E-state index in [1.165, 1.54) is 26.0 Å². The van der Waals surface area contributed by atoms with E-state index in [2.05, 4.69) is 15.5 Å². The number of ether oxygens (including phenoxy) is 3. The first-order valence-electron chi connectivity index (χ1n) is 9.70. The topological polar surface area (TPSA) is 87.5 Å². The average molecular weight is 532 g/mol. The number of thioether (sulfide) groups is 1. The van der Waals surface area contributed by atoms with E-state index in [9.17, 15) is 4.79 Å². The van der Waals surface area contributed by atoms with Crippen LogP contribution >= 0.6 is 46.6 Å². The molecular weight excluding hydrogens is 511 g/mol. The third kappa shape index (κ3) is 6.38.